The molecule has 2 aromatic rings. The van der Waals surface area contributed by atoms with Gasteiger partial charge in [0.1, 0.15) is 17.2 Å². The molecule has 0 spiro atoms. The summed E-state index contributed by atoms with van der Waals surface area (Å²) < 4.78 is 13.5. The van der Waals surface area contributed by atoms with Crippen LogP contribution in [0.15, 0.2) is 33.9 Å². The van der Waals surface area contributed by atoms with Crippen LogP contribution in [0, 0.1) is 5.82 Å². The number of anilines is 2. The SMILES string of the molecule is CN(C)CCCNc1c(NCc2ccccc2F)c(=O)c1=O. The second-order valence-corrected chi connectivity index (χ2v) is 5.44. The van der Waals surface area contributed by atoms with E-state index < -0.39 is 10.9 Å². The summed E-state index contributed by atoms with van der Waals surface area (Å²) >= 11 is 0. The molecule has 0 saturated carbocycles. The normalized spacial score (nSPS) is 11.1. The van der Waals surface area contributed by atoms with Crippen molar-refractivity contribution in [1.29, 1.82) is 0 Å². The van der Waals surface area contributed by atoms with Crippen LogP contribution in [0.4, 0.5) is 15.8 Å². The van der Waals surface area contributed by atoms with Crippen LogP contribution in [0.1, 0.15) is 12.0 Å². The van der Waals surface area contributed by atoms with Gasteiger partial charge in [-0.2, -0.15) is 0 Å². The Morgan fingerprint density at radius 3 is 2.32 bits per heavy atom. The van der Waals surface area contributed by atoms with Crippen molar-refractivity contribution in [2.24, 2.45) is 0 Å². The molecule has 22 heavy (non-hydrogen) atoms. The zero-order valence-corrected chi connectivity index (χ0v) is 12.8. The van der Waals surface area contributed by atoms with E-state index in [0.29, 0.717) is 17.8 Å². The number of benzene rings is 1. The van der Waals surface area contributed by atoms with E-state index in [1.54, 1.807) is 18.2 Å². The molecule has 0 aromatic heterocycles. The molecule has 2 rings (SSSR count). The van der Waals surface area contributed by atoms with Crippen LogP contribution < -0.4 is 21.5 Å². The highest BCUT2D eigenvalue weighted by atomic mass is 19.1. The number of rotatable bonds is 8. The van der Waals surface area contributed by atoms with Crippen molar-refractivity contribution in [2.75, 3.05) is 37.8 Å². The fraction of sp³-hybridized carbons (Fsp3) is 0.375. The summed E-state index contributed by atoms with van der Waals surface area (Å²) in [7, 11) is 3.94. The lowest BCUT2D eigenvalue weighted by molar-refractivity contribution is 0.405. The zero-order chi connectivity index (χ0) is 16.1. The molecule has 0 atom stereocenters. The Bertz CT molecular complexity index is 706. The molecule has 0 aliphatic carbocycles. The average molecular weight is 305 g/mol. The zero-order valence-electron chi connectivity index (χ0n) is 12.8. The summed E-state index contributed by atoms with van der Waals surface area (Å²) in [4.78, 5) is 25.2. The summed E-state index contributed by atoms with van der Waals surface area (Å²) in [5.41, 5.74) is -0.0559. The van der Waals surface area contributed by atoms with Gasteiger partial charge in [-0.15, -0.1) is 0 Å². The molecular weight excluding hydrogens is 285 g/mol. The summed E-state index contributed by atoms with van der Waals surface area (Å²) in [6.45, 7) is 1.67. The lowest BCUT2D eigenvalue weighted by Gasteiger charge is -2.16. The summed E-state index contributed by atoms with van der Waals surface area (Å²) in [5.74, 6) is -0.339. The third-order valence-electron chi connectivity index (χ3n) is 3.41. The smallest absolute Gasteiger partial charge is 0.253 e. The van der Waals surface area contributed by atoms with Gasteiger partial charge in [0.25, 0.3) is 10.9 Å². The van der Waals surface area contributed by atoms with E-state index >= 15 is 0 Å². The van der Waals surface area contributed by atoms with Crippen molar-refractivity contribution in [1.82, 2.24) is 4.90 Å². The molecule has 6 heteroatoms. The van der Waals surface area contributed by atoms with Crippen molar-refractivity contribution in [3.05, 3.63) is 56.1 Å². The van der Waals surface area contributed by atoms with Gasteiger partial charge in [-0.25, -0.2) is 4.39 Å². The Morgan fingerprint density at radius 1 is 1.05 bits per heavy atom. The van der Waals surface area contributed by atoms with Gasteiger partial charge in [-0.3, -0.25) is 9.59 Å². The summed E-state index contributed by atoms with van der Waals surface area (Å²) in [5, 5.41) is 5.83. The average Bonchev–Trinajstić information content (AvgIpc) is 2.50. The highest BCUT2D eigenvalue weighted by Gasteiger charge is 2.20. The van der Waals surface area contributed by atoms with Crippen molar-refractivity contribution < 1.29 is 4.39 Å². The van der Waals surface area contributed by atoms with Gasteiger partial charge >= 0.3 is 0 Å². The number of hydrogen-bond acceptors (Lipinski definition) is 5. The Hall–Kier alpha value is -2.21. The lowest BCUT2D eigenvalue weighted by atomic mass is 10.1. The molecule has 0 aliphatic rings. The quantitative estimate of drug-likeness (QED) is 0.570. The molecule has 0 heterocycles. The van der Waals surface area contributed by atoms with Gasteiger partial charge in [0.05, 0.1) is 0 Å². The van der Waals surface area contributed by atoms with Crippen molar-refractivity contribution in [3.63, 3.8) is 0 Å². The first-order chi connectivity index (χ1) is 10.5. The topological polar surface area (TPSA) is 61.4 Å². The molecule has 2 aromatic carbocycles. The summed E-state index contributed by atoms with van der Waals surface area (Å²) in [6, 6.07) is 6.33. The lowest BCUT2D eigenvalue weighted by Crippen LogP contribution is -2.37. The third-order valence-corrected chi connectivity index (χ3v) is 3.41. The van der Waals surface area contributed by atoms with Gasteiger partial charge in [-0.05, 0) is 33.1 Å². The second-order valence-electron chi connectivity index (χ2n) is 5.44. The van der Waals surface area contributed by atoms with Crippen LogP contribution >= 0.6 is 0 Å². The van der Waals surface area contributed by atoms with Crippen molar-refractivity contribution in [3.8, 4) is 0 Å². The minimum absolute atomic E-state index is 0.171. The highest BCUT2D eigenvalue weighted by Crippen LogP contribution is 2.16. The number of halogens is 1. The molecule has 2 N–H and O–H groups in total. The predicted octanol–water partition coefficient (Wildman–Crippen LogP) is 1.40. The Labute approximate surface area is 128 Å². The van der Waals surface area contributed by atoms with Crippen molar-refractivity contribution >= 4 is 11.4 Å². The van der Waals surface area contributed by atoms with E-state index in [0.717, 1.165) is 13.0 Å². The number of nitrogens with one attached hydrogen (secondary N) is 2. The van der Waals surface area contributed by atoms with E-state index in [1.165, 1.54) is 6.07 Å². The number of hydrogen-bond donors (Lipinski definition) is 2. The van der Waals surface area contributed by atoms with Gasteiger partial charge in [0.2, 0.25) is 0 Å². The Balaban J connectivity index is 1.94. The first-order valence-corrected chi connectivity index (χ1v) is 7.20. The first kappa shape index (κ1) is 16.2. The van der Waals surface area contributed by atoms with Gasteiger partial charge in [0, 0.05) is 18.7 Å². The van der Waals surface area contributed by atoms with Crippen LogP contribution in [0.5, 0.6) is 0 Å². The van der Waals surface area contributed by atoms with Crippen LogP contribution in [0.3, 0.4) is 0 Å². The van der Waals surface area contributed by atoms with Gasteiger partial charge < -0.3 is 15.5 Å². The van der Waals surface area contributed by atoms with E-state index in [-0.39, 0.29) is 18.0 Å². The molecule has 118 valence electrons. The second kappa shape index (κ2) is 7.17. The maximum absolute atomic E-state index is 13.5. The minimum atomic E-state index is -0.550. The van der Waals surface area contributed by atoms with E-state index in [9.17, 15) is 14.0 Å². The van der Waals surface area contributed by atoms with Crippen LogP contribution in [-0.4, -0.2) is 32.1 Å². The van der Waals surface area contributed by atoms with Crippen LogP contribution in [0.25, 0.3) is 0 Å². The molecule has 0 unspecified atom stereocenters. The van der Waals surface area contributed by atoms with Gasteiger partial charge in [-0.1, -0.05) is 18.2 Å². The molecule has 0 amide bonds. The maximum atomic E-state index is 13.5. The van der Waals surface area contributed by atoms with E-state index in [4.69, 9.17) is 0 Å². The van der Waals surface area contributed by atoms with E-state index in [1.807, 2.05) is 19.0 Å². The Morgan fingerprint density at radius 2 is 1.68 bits per heavy atom. The monoisotopic (exact) mass is 305 g/mol. The van der Waals surface area contributed by atoms with E-state index in [2.05, 4.69) is 10.6 Å². The number of nitrogens with zero attached hydrogens (tertiary/aromatic N) is 1. The molecular formula is C16H20FN3O2. The van der Waals surface area contributed by atoms with Crippen LogP contribution in [-0.2, 0) is 6.54 Å². The summed E-state index contributed by atoms with van der Waals surface area (Å²) in [6.07, 6.45) is 0.860. The molecule has 0 radical (unpaired) electrons. The molecule has 5 nitrogen and oxygen atoms in total. The largest absolute Gasteiger partial charge is 0.380 e. The fourth-order valence-electron chi connectivity index (χ4n) is 2.16. The predicted molar refractivity (Wildman–Crippen MR) is 86.7 cm³/mol. The van der Waals surface area contributed by atoms with Crippen LogP contribution in [0.2, 0.25) is 0 Å². The standard InChI is InChI=1S/C16H20FN3O2/c1-20(2)9-5-8-18-13-14(16(22)15(13)21)19-10-11-6-3-4-7-12(11)17/h3-4,6-7,18-19H,5,8-10H2,1-2H3. The molecule has 0 bridgehead atoms. The van der Waals surface area contributed by atoms with Crippen molar-refractivity contribution in [2.45, 2.75) is 13.0 Å². The third kappa shape index (κ3) is 3.71. The maximum Gasteiger partial charge on any atom is 0.253 e. The Kier molecular flexibility index (Phi) is 5.27. The molecule has 0 aliphatic heterocycles. The molecule has 0 fully saturated rings. The highest BCUT2D eigenvalue weighted by molar-refractivity contribution is 5.73. The molecule has 0 saturated heterocycles. The van der Waals surface area contributed by atoms with Gasteiger partial charge in [0.15, 0.2) is 0 Å². The minimum Gasteiger partial charge on any atom is -0.380 e. The fourth-order valence-corrected chi connectivity index (χ4v) is 2.16. The first-order valence-electron chi connectivity index (χ1n) is 7.20.